The van der Waals surface area contributed by atoms with Crippen LogP contribution in [-0.4, -0.2) is 28.3 Å². The van der Waals surface area contributed by atoms with Gasteiger partial charge in [-0.25, -0.2) is 11.0 Å². The maximum Gasteiger partial charge on any atom is 0.260 e. The van der Waals surface area contributed by atoms with Gasteiger partial charge in [-0.15, -0.1) is 0 Å². The summed E-state index contributed by atoms with van der Waals surface area (Å²) < 4.78 is 0. The maximum atomic E-state index is 10.4. The van der Waals surface area contributed by atoms with Crippen LogP contribution in [0.25, 0.3) is 0 Å². The fourth-order valence-corrected chi connectivity index (χ4v) is 0.421. The number of nitrogens with two attached hydrogens (primary N) is 1. The van der Waals surface area contributed by atoms with Gasteiger partial charge in [0.2, 0.25) is 5.91 Å². The van der Waals surface area contributed by atoms with E-state index in [1.165, 1.54) is 11.0 Å². The fourth-order valence-electron chi connectivity index (χ4n) is 0.421. The van der Waals surface area contributed by atoms with Gasteiger partial charge < -0.3 is 5.73 Å². The average Bonchev–Trinajstić information content (AvgIpc) is 2.02. The average molecular weight is 163 g/mol. The minimum Gasteiger partial charge on any atom is -0.319 e. The van der Waals surface area contributed by atoms with E-state index in [1.807, 2.05) is 0 Å². The molecule has 6 N–H and O–H groups in total. The molecule has 2 amide bonds. The molecule has 0 saturated carbocycles. The van der Waals surface area contributed by atoms with E-state index in [9.17, 15) is 9.59 Å². The first kappa shape index (κ1) is 9.82. The molecule has 64 valence electrons. The lowest BCUT2D eigenvalue weighted by Crippen LogP contribution is -2.42. The highest BCUT2D eigenvalue weighted by Gasteiger charge is 2.15. The quantitative estimate of drug-likeness (QED) is 0.236. The van der Waals surface area contributed by atoms with Gasteiger partial charge in [0.05, 0.1) is 12.5 Å². The van der Waals surface area contributed by atoms with Crippen molar-refractivity contribution in [3.8, 4) is 0 Å². The zero-order valence-electron chi connectivity index (χ0n) is 5.57. The molecule has 0 aliphatic rings. The van der Waals surface area contributed by atoms with Crippen LogP contribution in [0, 0.1) is 0 Å². The van der Waals surface area contributed by atoms with E-state index in [-0.39, 0.29) is 6.42 Å². The van der Waals surface area contributed by atoms with E-state index in [0.717, 1.165) is 0 Å². The Morgan fingerprint density at radius 2 is 1.91 bits per heavy atom. The van der Waals surface area contributed by atoms with Gasteiger partial charge in [-0.05, 0) is 0 Å². The number of amides is 2. The molecule has 0 aromatic heterocycles. The summed E-state index contributed by atoms with van der Waals surface area (Å²) in [6.45, 7) is 0. The van der Waals surface area contributed by atoms with Crippen molar-refractivity contribution >= 4 is 11.8 Å². The Morgan fingerprint density at radius 1 is 1.36 bits per heavy atom. The fraction of sp³-hybridized carbons (Fsp3) is 0.500. The minimum absolute atomic E-state index is 0.386. The van der Waals surface area contributed by atoms with Crippen molar-refractivity contribution in [3.63, 3.8) is 0 Å². The molecule has 0 unspecified atom stereocenters. The first-order valence-corrected chi connectivity index (χ1v) is 2.74. The molecule has 0 aliphatic heterocycles. The summed E-state index contributed by atoms with van der Waals surface area (Å²) in [5.41, 5.74) is 7.62. The molecule has 0 fully saturated rings. The van der Waals surface area contributed by atoms with E-state index < -0.39 is 17.9 Å². The number of carbonyl (C=O) groups excluding carboxylic acids is 2. The van der Waals surface area contributed by atoms with Gasteiger partial charge >= 0.3 is 0 Å². The van der Waals surface area contributed by atoms with Gasteiger partial charge in [0.25, 0.3) is 5.91 Å². The van der Waals surface area contributed by atoms with Crippen LogP contribution in [0.1, 0.15) is 6.42 Å². The zero-order chi connectivity index (χ0) is 8.85. The predicted octanol–water partition coefficient (Wildman–Crippen LogP) is -2.29. The van der Waals surface area contributed by atoms with Crippen LogP contribution in [0.4, 0.5) is 0 Å². The standard InChI is InChI=1S/C4H9N3O4/c5-2(4(9)7-11)1-3(8)6-10/h2,10-11H,1,5H2,(H,6,8)(H,7,9)/t2-/m0/s1. The highest BCUT2D eigenvalue weighted by molar-refractivity contribution is 5.86. The van der Waals surface area contributed by atoms with Crippen LogP contribution in [0.3, 0.4) is 0 Å². The molecule has 0 spiro atoms. The van der Waals surface area contributed by atoms with Crippen LogP contribution in [-0.2, 0) is 9.59 Å². The molecule has 0 aromatic rings. The SMILES string of the molecule is N[C@@H](CC(=O)NO)C(=O)NO. The van der Waals surface area contributed by atoms with Crippen LogP contribution in [0.2, 0.25) is 0 Å². The van der Waals surface area contributed by atoms with Crippen LogP contribution < -0.4 is 16.7 Å². The summed E-state index contributed by atoms with van der Waals surface area (Å²) in [5.74, 6) is -1.67. The van der Waals surface area contributed by atoms with Crippen LogP contribution >= 0.6 is 0 Å². The molecule has 0 saturated heterocycles. The molecule has 7 nitrogen and oxygen atoms in total. The second-order valence-electron chi connectivity index (χ2n) is 1.82. The highest BCUT2D eigenvalue weighted by Crippen LogP contribution is 1.86. The Bertz CT molecular complexity index is 159. The molecule has 7 heteroatoms. The molecule has 0 rings (SSSR count). The highest BCUT2D eigenvalue weighted by atomic mass is 16.5. The van der Waals surface area contributed by atoms with Crippen molar-refractivity contribution < 1.29 is 20.0 Å². The van der Waals surface area contributed by atoms with Crippen LogP contribution in [0.5, 0.6) is 0 Å². The van der Waals surface area contributed by atoms with Crippen molar-refractivity contribution in [2.45, 2.75) is 12.5 Å². The maximum absolute atomic E-state index is 10.4. The summed E-state index contributed by atoms with van der Waals surface area (Å²) in [7, 11) is 0. The predicted molar refractivity (Wildman–Crippen MR) is 32.5 cm³/mol. The lowest BCUT2D eigenvalue weighted by Gasteiger charge is -2.06. The Morgan fingerprint density at radius 3 is 2.27 bits per heavy atom. The molecule has 0 aromatic carbocycles. The Hall–Kier alpha value is -1.18. The Kier molecular flexibility index (Phi) is 4.11. The van der Waals surface area contributed by atoms with Gasteiger partial charge in [0, 0.05) is 0 Å². The van der Waals surface area contributed by atoms with Crippen molar-refractivity contribution in [2.75, 3.05) is 0 Å². The molecular weight excluding hydrogens is 154 g/mol. The normalized spacial score (nSPS) is 11.9. The lowest BCUT2D eigenvalue weighted by molar-refractivity contribution is -0.136. The summed E-state index contributed by atoms with van der Waals surface area (Å²) in [4.78, 5) is 20.8. The molecule has 11 heavy (non-hydrogen) atoms. The van der Waals surface area contributed by atoms with Crippen molar-refractivity contribution in [1.82, 2.24) is 11.0 Å². The third-order valence-corrected chi connectivity index (χ3v) is 0.977. The van der Waals surface area contributed by atoms with Crippen LogP contribution in [0.15, 0.2) is 0 Å². The molecule has 0 aliphatic carbocycles. The first-order valence-electron chi connectivity index (χ1n) is 2.74. The largest absolute Gasteiger partial charge is 0.319 e. The number of carbonyl (C=O) groups is 2. The van der Waals surface area contributed by atoms with Gasteiger partial charge in [-0.1, -0.05) is 0 Å². The van der Waals surface area contributed by atoms with E-state index in [1.54, 1.807) is 0 Å². The molecule has 0 radical (unpaired) electrons. The first-order chi connectivity index (χ1) is 5.11. The van der Waals surface area contributed by atoms with Crippen molar-refractivity contribution in [2.24, 2.45) is 5.73 Å². The number of rotatable bonds is 3. The smallest absolute Gasteiger partial charge is 0.260 e. The molecule has 0 heterocycles. The van der Waals surface area contributed by atoms with Crippen molar-refractivity contribution in [3.05, 3.63) is 0 Å². The topological polar surface area (TPSA) is 125 Å². The summed E-state index contributed by atoms with van der Waals surface area (Å²) in [6, 6.07) is -1.16. The zero-order valence-corrected chi connectivity index (χ0v) is 5.57. The van der Waals surface area contributed by atoms with E-state index >= 15 is 0 Å². The summed E-state index contributed by atoms with van der Waals surface area (Å²) >= 11 is 0. The molecule has 1 atom stereocenters. The Labute approximate surface area is 62.1 Å². The number of hydroxylamine groups is 2. The van der Waals surface area contributed by atoms with Gasteiger partial charge in [-0.3, -0.25) is 20.0 Å². The number of hydrogen-bond donors (Lipinski definition) is 5. The van der Waals surface area contributed by atoms with Gasteiger partial charge in [-0.2, -0.15) is 0 Å². The molecular formula is C4H9N3O4. The number of hydrogen-bond acceptors (Lipinski definition) is 5. The Balaban J connectivity index is 3.77. The number of nitrogens with one attached hydrogen (secondary N) is 2. The van der Waals surface area contributed by atoms with Crippen molar-refractivity contribution in [1.29, 1.82) is 0 Å². The van der Waals surface area contributed by atoms with E-state index in [2.05, 4.69) is 0 Å². The molecule has 0 bridgehead atoms. The minimum atomic E-state index is -1.16. The van der Waals surface area contributed by atoms with Gasteiger partial charge in [0.1, 0.15) is 0 Å². The summed E-state index contributed by atoms with van der Waals surface area (Å²) in [5, 5.41) is 16.0. The second kappa shape index (κ2) is 4.61. The third kappa shape index (κ3) is 3.50. The second-order valence-corrected chi connectivity index (χ2v) is 1.82. The van der Waals surface area contributed by atoms with Gasteiger partial charge in [0.15, 0.2) is 0 Å². The van der Waals surface area contributed by atoms with E-state index in [4.69, 9.17) is 16.1 Å². The third-order valence-electron chi connectivity index (χ3n) is 0.977. The van der Waals surface area contributed by atoms with E-state index in [0.29, 0.717) is 0 Å². The lowest BCUT2D eigenvalue weighted by atomic mass is 10.2. The summed E-state index contributed by atoms with van der Waals surface area (Å²) in [6.07, 6.45) is -0.386. The monoisotopic (exact) mass is 163 g/mol.